The van der Waals surface area contributed by atoms with E-state index in [4.69, 9.17) is 11.6 Å². The minimum absolute atomic E-state index is 0.00677. The van der Waals surface area contributed by atoms with Gasteiger partial charge in [0.25, 0.3) is 5.91 Å². The molecule has 0 spiro atoms. The van der Waals surface area contributed by atoms with Crippen LogP contribution < -0.4 is 5.32 Å². The van der Waals surface area contributed by atoms with Crippen molar-refractivity contribution < 1.29 is 13.2 Å². The zero-order chi connectivity index (χ0) is 22.7. The molecule has 0 bridgehead atoms. The lowest BCUT2D eigenvalue weighted by Crippen LogP contribution is -2.35. The van der Waals surface area contributed by atoms with E-state index in [1.807, 2.05) is 6.07 Å². The minimum atomic E-state index is -3.75. The number of benzene rings is 1. The van der Waals surface area contributed by atoms with Gasteiger partial charge in [-0.15, -0.1) is 0 Å². The van der Waals surface area contributed by atoms with Crippen molar-refractivity contribution in [1.29, 1.82) is 5.26 Å². The lowest BCUT2D eigenvalue weighted by Gasteiger charge is -2.26. The normalized spacial score (nSPS) is 14.6. The molecule has 164 valence electrons. The molecular formula is C21H19ClN6O3S. The van der Waals surface area contributed by atoms with Gasteiger partial charge in [-0.25, -0.2) is 13.4 Å². The van der Waals surface area contributed by atoms with Gasteiger partial charge in [0, 0.05) is 19.3 Å². The lowest BCUT2D eigenvalue weighted by molar-refractivity contribution is 0.102. The van der Waals surface area contributed by atoms with Crippen molar-refractivity contribution in [3.63, 3.8) is 0 Å². The first-order chi connectivity index (χ1) is 15.4. The molecule has 3 aromatic rings. The van der Waals surface area contributed by atoms with Crippen LogP contribution in [0, 0.1) is 11.3 Å². The summed E-state index contributed by atoms with van der Waals surface area (Å²) in [5, 5.41) is 16.3. The third-order valence-electron chi connectivity index (χ3n) is 5.12. The molecule has 0 radical (unpaired) electrons. The average molecular weight is 471 g/mol. The number of pyridine rings is 1. The molecule has 1 saturated heterocycles. The van der Waals surface area contributed by atoms with Crippen molar-refractivity contribution in [2.75, 3.05) is 18.4 Å². The van der Waals surface area contributed by atoms with E-state index >= 15 is 0 Å². The number of carbonyl (C=O) groups excluding carboxylic acids is 1. The highest BCUT2D eigenvalue weighted by Gasteiger charge is 2.27. The van der Waals surface area contributed by atoms with E-state index in [2.05, 4.69) is 15.4 Å². The van der Waals surface area contributed by atoms with Crippen LogP contribution in [-0.4, -0.2) is 46.5 Å². The number of carbonyl (C=O) groups is 1. The van der Waals surface area contributed by atoms with Crippen LogP contribution in [-0.2, 0) is 10.0 Å². The fourth-order valence-corrected chi connectivity index (χ4v) is 5.22. The number of anilines is 1. The molecular weight excluding hydrogens is 452 g/mol. The number of aromatic nitrogens is 3. The Bertz CT molecular complexity index is 1290. The summed E-state index contributed by atoms with van der Waals surface area (Å²) in [7, 11) is -3.75. The van der Waals surface area contributed by atoms with Gasteiger partial charge >= 0.3 is 0 Å². The molecule has 9 nitrogen and oxygen atoms in total. The van der Waals surface area contributed by atoms with Crippen LogP contribution in [0.15, 0.2) is 53.7 Å². The SMILES string of the molecule is N#Cc1cnn(-c2ccccn2)c1NC(=O)c1cc(S(=O)(=O)N2CCCCC2)ccc1Cl. The Labute approximate surface area is 190 Å². The van der Waals surface area contributed by atoms with E-state index in [9.17, 15) is 18.5 Å². The summed E-state index contributed by atoms with van der Waals surface area (Å²) in [5.74, 6) is -0.159. The summed E-state index contributed by atoms with van der Waals surface area (Å²) in [6, 6.07) is 11.1. The summed E-state index contributed by atoms with van der Waals surface area (Å²) in [6.45, 7) is 0.891. The second-order valence-corrected chi connectivity index (χ2v) is 9.52. The standard InChI is InChI=1S/C21H19ClN6O3S/c22-18-8-7-16(32(30,31)27-10-4-1-5-11-27)12-17(18)21(29)26-20-15(13-23)14-25-28(20)19-6-2-3-9-24-19/h2-3,6-9,12,14H,1,4-5,10-11H2,(H,26,29). The Balaban J connectivity index is 1.68. The van der Waals surface area contributed by atoms with Crippen molar-refractivity contribution >= 4 is 33.3 Å². The highest BCUT2D eigenvalue weighted by Crippen LogP contribution is 2.27. The Morgan fingerprint density at radius 2 is 1.94 bits per heavy atom. The molecule has 0 saturated carbocycles. The number of hydrogen-bond acceptors (Lipinski definition) is 6. The number of nitrogens with zero attached hydrogens (tertiary/aromatic N) is 5. The van der Waals surface area contributed by atoms with E-state index in [-0.39, 0.29) is 26.9 Å². The molecule has 1 aliphatic heterocycles. The van der Waals surface area contributed by atoms with Crippen molar-refractivity contribution in [3.05, 3.63) is 64.9 Å². The summed E-state index contributed by atoms with van der Waals surface area (Å²) in [5.41, 5.74) is 0.0969. The maximum absolute atomic E-state index is 13.1. The predicted octanol–water partition coefficient (Wildman–Crippen LogP) is 3.22. The molecule has 1 N–H and O–H groups in total. The predicted molar refractivity (Wildman–Crippen MR) is 118 cm³/mol. The number of halogens is 1. The molecule has 11 heteroatoms. The zero-order valence-electron chi connectivity index (χ0n) is 16.9. The second kappa shape index (κ2) is 9.08. The molecule has 0 atom stereocenters. The van der Waals surface area contributed by atoms with Crippen LogP contribution in [0.25, 0.3) is 5.82 Å². The fraction of sp³-hybridized carbons (Fsp3) is 0.238. The number of nitriles is 1. The Hall–Kier alpha value is -3.26. The van der Waals surface area contributed by atoms with Gasteiger partial charge in [-0.05, 0) is 43.2 Å². The van der Waals surface area contributed by atoms with Gasteiger partial charge in [0.1, 0.15) is 11.6 Å². The summed E-state index contributed by atoms with van der Waals surface area (Å²) >= 11 is 6.23. The van der Waals surface area contributed by atoms with Crippen molar-refractivity contribution in [2.24, 2.45) is 0 Å². The van der Waals surface area contributed by atoms with Gasteiger partial charge in [0.15, 0.2) is 11.6 Å². The number of rotatable bonds is 5. The Morgan fingerprint density at radius 1 is 1.16 bits per heavy atom. The van der Waals surface area contributed by atoms with E-state index in [1.54, 1.807) is 24.4 Å². The Kier molecular flexibility index (Phi) is 6.23. The van der Waals surface area contributed by atoms with Crippen LogP contribution in [0.5, 0.6) is 0 Å². The molecule has 4 rings (SSSR count). The van der Waals surface area contributed by atoms with Crippen LogP contribution >= 0.6 is 11.6 Å². The van der Waals surface area contributed by atoms with E-state index in [1.165, 1.54) is 33.4 Å². The quantitative estimate of drug-likeness (QED) is 0.611. The first-order valence-electron chi connectivity index (χ1n) is 9.92. The smallest absolute Gasteiger partial charge is 0.258 e. The zero-order valence-corrected chi connectivity index (χ0v) is 18.5. The number of sulfonamides is 1. The highest BCUT2D eigenvalue weighted by molar-refractivity contribution is 7.89. The fourth-order valence-electron chi connectivity index (χ4n) is 3.47. The number of nitrogens with one attached hydrogen (secondary N) is 1. The van der Waals surface area contributed by atoms with Gasteiger partial charge in [-0.2, -0.15) is 19.3 Å². The monoisotopic (exact) mass is 470 g/mol. The molecule has 2 aromatic heterocycles. The number of hydrogen-bond donors (Lipinski definition) is 1. The third kappa shape index (κ3) is 4.23. The van der Waals surface area contributed by atoms with Crippen molar-refractivity contribution in [2.45, 2.75) is 24.2 Å². The average Bonchev–Trinajstić information content (AvgIpc) is 3.22. The van der Waals surface area contributed by atoms with Crippen LogP contribution in [0.3, 0.4) is 0 Å². The maximum Gasteiger partial charge on any atom is 0.258 e. The van der Waals surface area contributed by atoms with Gasteiger partial charge in [-0.1, -0.05) is 24.1 Å². The molecule has 32 heavy (non-hydrogen) atoms. The Morgan fingerprint density at radius 3 is 2.62 bits per heavy atom. The lowest BCUT2D eigenvalue weighted by atomic mass is 10.2. The molecule has 3 heterocycles. The molecule has 1 fully saturated rings. The van der Waals surface area contributed by atoms with Crippen LogP contribution in [0.1, 0.15) is 35.2 Å². The first-order valence-corrected chi connectivity index (χ1v) is 11.7. The molecule has 1 aliphatic rings. The van der Waals surface area contributed by atoms with Gasteiger partial charge in [0.2, 0.25) is 10.0 Å². The van der Waals surface area contributed by atoms with Crippen molar-refractivity contribution in [1.82, 2.24) is 19.1 Å². The summed E-state index contributed by atoms with van der Waals surface area (Å²) in [4.78, 5) is 17.2. The molecule has 0 unspecified atom stereocenters. The minimum Gasteiger partial charge on any atom is -0.305 e. The maximum atomic E-state index is 13.1. The van der Waals surface area contributed by atoms with Crippen LogP contribution in [0.2, 0.25) is 5.02 Å². The van der Waals surface area contributed by atoms with Gasteiger partial charge in [-0.3, -0.25) is 4.79 Å². The summed E-state index contributed by atoms with van der Waals surface area (Å²) in [6.07, 6.45) is 5.46. The largest absolute Gasteiger partial charge is 0.305 e. The highest BCUT2D eigenvalue weighted by atomic mass is 35.5. The molecule has 0 aliphatic carbocycles. The van der Waals surface area contributed by atoms with Crippen molar-refractivity contribution in [3.8, 4) is 11.9 Å². The van der Waals surface area contributed by atoms with E-state index in [0.29, 0.717) is 18.9 Å². The summed E-state index contributed by atoms with van der Waals surface area (Å²) < 4.78 is 28.8. The first kappa shape index (κ1) is 22.0. The van der Waals surface area contributed by atoms with Crippen LogP contribution in [0.4, 0.5) is 5.82 Å². The molecule has 1 amide bonds. The van der Waals surface area contributed by atoms with E-state index in [0.717, 1.165) is 19.3 Å². The second-order valence-electron chi connectivity index (χ2n) is 7.18. The topological polar surface area (TPSA) is 121 Å². The number of piperidine rings is 1. The third-order valence-corrected chi connectivity index (χ3v) is 7.35. The number of amides is 1. The van der Waals surface area contributed by atoms with E-state index < -0.39 is 15.9 Å². The molecule has 1 aromatic carbocycles. The van der Waals surface area contributed by atoms with Gasteiger partial charge < -0.3 is 5.32 Å². The van der Waals surface area contributed by atoms with Gasteiger partial charge in [0.05, 0.1) is 21.7 Å².